The van der Waals surface area contributed by atoms with E-state index in [1.54, 1.807) is 11.8 Å². The van der Waals surface area contributed by atoms with Crippen LogP contribution in [0, 0.1) is 0 Å². The lowest BCUT2D eigenvalue weighted by atomic mass is 10.1. The zero-order valence-electron chi connectivity index (χ0n) is 13.8. The Bertz CT molecular complexity index is 861. The molecule has 3 nitrogen and oxygen atoms in total. The van der Waals surface area contributed by atoms with Gasteiger partial charge in [-0.1, -0.05) is 30.3 Å². The molecular weight excluding hydrogens is 314 g/mol. The van der Waals surface area contributed by atoms with Crippen molar-refractivity contribution in [2.75, 3.05) is 11.2 Å². The highest BCUT2D eigenvalue weighted by atomic mass is 32.2. The first kappa shape index (κ1) is 15.2. The highest BCUT2D eigenvalue weighted by Gasteiger charge is 2.28. The molecule has 1 atom stereocenters. The normalized spacial score (nSPS) is 16.2. The van der Waals surface area contributed by atoms with Crippen molar-refractivity contribution in [3.05, 3.63) is 66.4 Å². The maximum Gasteiger partial charge on any atom is 0.230 e. The SMILES string of the molecule is CSc1ccc(-c2ccnc(N3c4ccccc4CC3C)n2)cc1. The fourth-order valence-corrected chi connectivity index (χ4v) is 3.67. The van der Waals surface area contributed by atoms with Crippen LogP contribution >= 0.6 is 11.8 Å². The molecule has 1 aliphatic rings. The van der Waals surface area contributed by atoms with Crippen LogP contribution in [-0.2, 0) is 6.42 Å². The molecule has 2 aromatic carbocycles. The van der Waals surface area contributed by atoms with E-state index >= 15 is 0 Å². The largest absolute Gasteiger partial charge is 0.307 e. The molecule has 0 saturated carbocycles. The Hall–Kier alpha value is -2.33. The zero-order valence-corrected chi connectivity index (χ0v) is 14.6. The van der Waals surface area contributed by atoms with E-state index in [2.05, 4.69) is 71.6 Å². The van der Waals surface area contributed by atoms with Crippen LogP contribution in [0.25, 0.3) is 11.3 Å². The van der Waals surface area contributed by atoms with Gasteiger partial charge in [0.15, 0.2) is 0 Å². The number of hydrogen-bond donors (Lipinski definition) is 0. The Balaban J connectivity index is 1.72. The average Bonchev–Trinajstić information content (AvgIpc) is 2.97. The second kappa shape index (κ2) is 6.29. The van der Waals surface area contributed by atoms with Crippen molar-refractivity contribution >= 4 is 23.4 Å². The third kappa shape index (κ3) is 2.67. The van der Waals surface area contributed by atoms with E-state index in [0.29, 0.717) is 6.04 Å². The van der Waals surface area contributed by atoms with Gasteiger partial charge in [0.25, 0.3) is 0 Å². The number of anilines is 2. The molecule has 120 valence electrons. The topological polar surface area (TPSA) is 29.0 Å². The number of fused-ring (bicyclic) bond motifs is 1. The molecule has 1 aliphatic heterocycles. The smallest absolute Gasteiger partial charge is 0.230 e. The molecule has 1 aromatic heterocycles. The Labute approximate surface area is 146 Å². The van der Waals surface area contributed by atoms with Crippen molar-refractivity contribution in [1.82, 2.24) is 9.97 Å². The van der Waals surface area contributed by atoms with Gasteiger partial charge in [-0.3, -0.25) is 0 Å². The van der Waals surface area contributed by atoms with E-state index < -0.39 is 0 Å². The third-order valence-electron chi connectivity index (χ3n) is 4.45. The third-order valence-corrected chi connectivity index (χ3v) is 5.19. The molecule has 4 rings (SSSR count). The van der Waals surface area contributed by atoms with Gasteiger partial charge < -0.3 is 4.90 Å². The summed E-state index contributed by atoms with van der Waals surface area (Å²) in [5.74, 6) is 0.777. The standard InChI is InChI=1S/C20H19N3S/c1-14-13-16-5-3-4-6-19(16)23(14)20-21-12-11-18(22-20)15-7-9-17(24-2)10-8-15/h3-12,14H,13H2,1-2H3. The molecule has 1 unspecified atom stereocenters. The molecule has 0 N–H and O–H groups in total. The van der Waals surface area contributed by atoms with E-state index in [9.17, 15) is 0 Å². The van der Waals surface area contributed by atoms with Crippen molar-refractivity contribution < 1.29 is 0 Å². The van der Waals surface area contributed by atoms with Gasteiger partial charge in [-0.05, 0) is 49.4 Å². The van der Waals surface area contributed by atoms with E-state index in [1.165, 1.54) is 16.1 Å². The molecule has 2 heterocycles. The molecule has 0 radical (unpaired) electrons. The van der Waals surface area contributed by atoms with E-state index in [4.69, 9.17) is 4.98 Å². The summed E-state index contributed by atoms with van der Waals surface area (Å²) in [7, 11) is 0. The second-order valence-electron chi connectivity index (χ2n) is 6.02. The van der Waals surface area contributed by atoms with Crippen molar-refractivity contribution in [3.63, 3.8) is 0 Å². The van der Waals surface area contributed by atoms with Crippen LogP contribution in [0.2, 0.25) is 0 Å². The first-order chi connectivity index (χ1) is 11.8. The monoisotopic (exact) mass is 333 g/mol. The summed E-state index contributed by atoms with van der Waals surface area (Å²) in [4.78, 5) is 12.9. The van der Waals surface area contributed by atoms with Crippen molar-refractivity contribution in [2.24, 2.45) is 0 Å². The molecule has 3 aromatic rings. The van der Waals surface area contributed by atoms with Crippen LogP contribution in [0.15, 0.2) is 65.7 Å². The zero-order chi connectivity index (χ0) is 16.5. The summed E-state index contributed by atoms with van der Waals surface area (Å²) in [5, 5.41) is 0. The minimum atomic E-state index is 0.372. The van der Waals surface area contributed by atoms with Crippen molar-refractivity contribution in [3.8, 4) is 11.3 Å². The van der Waals surface area contributed by atoms with Gasteiger partial charge in [-0.15, -0.1) is 11.8 Å². The predicted molar refractivity (Wildman–Crippen MR) is 101 cm³/mol. The Morgan fingerprint density at radius 1 is 1.04 bits per heavy atom. The molecule has 0 amide bonds. The fraction of sp³-hybridized carbons (Fsp3) is 0.200. The maximum absolute atomic E-state index is 4.84. The van der Waals surface area contributed by atoms with Crippen LogP contribution in [0.5, 0.6) is 0 Å². The van der Waals surface area contributed by atoms with Crippen LogP contribution < -0.4 is 4.90 Å². The minimum absolute atomic E-state index is 0.372. The van der Waals surface area contributed by atoms with Gasteiger partial charge in [0.2, 0.25) is 5.95 Å². The number of hydrogen-bond acceptors (Lipinski definition) is 4. The van der Waals surface area contributed by atoms with Crippen LogP contribution in [0.3, 0.4) is 0 Å². The Morgan fingerprint density at radius 2 is 1.83 bits per heavy atom. The number of rotatable bonds is 3. The van der Waals surface area contributed by atoms with Gasteiger partial charge in [-0.2, -0.15) is 0 Å². The van der Waals surface area contributed by atoms with Gasteiger partial charge in [0.05, 0.1) is 5.69 Å². The minimum Gasteiger partial charge on any atom is -0.307 e. The molecule has 24 heavy (non-hydrogen) atoms. The van der Waals surface area contributed by atoms with Crippen molar-refractivity contribution in [1.29, 1.82) is 0 Å². The Morgan fingerprint density at radius 3 is 2.62 bits per heavy atom. The lowest BCUT2D eigenvalue weighted by Crippen LogP contribution is -2.25. The summed E-state index contributed by atoms with van der Waals surface area (Å²) in [5.41, 5.74) is 4.67. The lowest BCUT2D eigenvalue weighted by Gasteiger charge is -2.22. The van der Waals surface area contributed by atoms with E-state index in [-0.39, 0.29) is 0 Å². The molecule has 0 spiro atoms. The summed E-state index contributed by atoms with van der Waals surface area (Å²) in [6.45, 7) is 2.23. The van der Waals surface area contributed by atoms with Gasteiger partial charge >= 0.3 is 0 Å². The maximum atomic E-state index is 4.84. The number of para-hydroxylation sites is 1. The molecule has 0 fully saturated rings. The predicted octanol–water partition coefficient (Wildman–Crippen LogP) is 4.95. The molecule has 0 saturated heterocycles. The lowest BCUT2D eigenvalue weighted by molar-refractivity contribution is 0.740. The Kier molecular flexibility index (Phi) is 3.98. The first-order valence-electron chi connectivity index (χ1n) is 8.11. The number of benzene rings is 2. The molecule has 0 bridgehead atoms. The summed E-state index contributed by atoms with van der Waals surface area (Å²) >= 11 is 1.75. The van der Waals surface area contributed by atoms with Crippen LogP contribution in [-0.4, -0.2) is 22.3 Å². The van der Waals surface area contributed by atoms with E-state index in [1.807, 2.05) is 12.3 Å². The van der Waals surface area contributed by atoms with Crippen LogP contribution in [0.4, 0.5) is 11.6 Å². The number of aromatic nitrogens is 2. The second-order valence-corrected chi connectivity index (χ2v) is 6.90. The van der Waals surface area contributed by atoms with E-state index in [0.717, 1.165) is 23.6 Å². The number of thioether (sulfide) groups is 1. The summed E-state index contributed by atoms with van der Waals surface area (Å²) < 4.78 is 0. The van der Waals surface area contributed by atoms with Crippen LogP contribution in [0.1, 0.15) is 12.5 Å². The molecule has 0 aliphatic carbocycles. The summed E-state index contributed by atoms with van der Waals surface area (Å²) in [6.07, 6.45) is 4.98. The molecular formula is C20H19N3S. The average molecular weight is 333 g/mol. The highest BCUT2D eigenvalue weighted by Crippen LogP contribution is 2.36. The van der Waals surface area contributed by atoms with Gasteiger partial charge in [0, 0.05) is 28.4 Å². The highest BCUT2D eigenvalue weighted by molar-refractivity contribution is 7.98. The number of nitrogens with zero attached hydrogens (tertiary/aromatic N) is 3. The van der Waals surface area contributed by atoms with Gasteiger partial charge in [-0.25, -0.2) is 9.97 Å². The fourth-order valence-electron chi connectivity index (χ4n) is 3.26. The molecule has 4 heteroatoms. The first-order valence-corrected chi connectivity index (χ1v) is 9.33. The summed E-state index contributed by atoms with van der Waals surface area (Å²) in [6, 6.07) is 19.4. The van der Waals surface area contributed by atoms with Crippen molar-refractivity contribution in [2.45, 2.75) is 24.3 Å². The van der Waals surface area contributed by atoms with Gasteiger partial charge in [0.1, 0.15) is 0 Å². The quantitative estimate of drug-likeness (QED) is 0.634.